The van der Waals surface area contributed by atoms with E-state index < -0.39 is 0 Å². The zero-order chi connectivity index (χ0) is 15.4. The third-order valence-corrected chi connectivity index (χ3v) is 4.60. The largest absolute Gasteiger partial charge is 0.507 e. The molecule has 1 aliphatic heterocycles. The first-order valence-corrected chi connectivity index (χ1v) is 8.03. The molecule has 0 aliphatic carbocycles. The number of hydrogen-bond acceptors (Lipinski definition) is 3. The molecule has 0 spiro atoms. The van der Waals surface area contributed by atoms with Gasteiger partial charge in [-0.15, -0.1) is 0 Å². The van der Waals surface area contributed by atoms with E-state index >= 15 is 0 Å². The zero-order valence-corrected chi connectivity index (χ0v) is 13.3. The molecule has 0 saturated carbocycles. The van der Waals surface area contributed by atoms with E-state index in [0.29, 0.717) is 24.0 Å². The van der Waals surface area contributed by atoms with Crippen molar-refractivity contribution in [1.82, 2.24) is 4.90 Å². The molecule has 21 heavy (non-hydrogen) atoms. The van der Waals surface area contributed by atoms with Crippen molar-refractivity contribution in [2.45, 2.75) is 45.5 Å². The average Bonchev–Trinajstić information content (AvgIpc) is 2.43. The molecule has 1 atom stereocenters. The fourth-order valence-corrected chi connectivity index (χ4v) is 3.10. The summed E-state index contributed by atoms with van der Waals surface area (Å²) in [6.45, 7) is 7.40. The SMILES string of the molecule is [B]CCc1ccc(CC2CN(CC(N)CC)C2)c(C)c1O. The second-order valence-electron chi connectivity index (χ2n) is 6.35. The summed E-state index contributed by atoms with van der Waals surface area (Å²) >= 11 is 0. The first-order chi connectivity index (χ1) is 10.0. The van der Waals surface area contributed by atoms with Crippen LogP contribution in [0.1, 0.15) is 30.0 Å². The highest BCUT2D eigenvalue weighted by Gasteiger charge is 2.28. The van der Waals surface area contributed by atoms with Gasteiger partial charge in [-0.1, -0.05) is 25.4 Å². The summed E-state index contributed by atoms with van der Waals surface area (Å²) in [6, 6.07) is 4.47. The average molecular weight is 286 g/mol. The summed E-state index contributed by atoms with van der Waals surface area (Å²) in [5.41, 5.74) is 9.23. The Kier molecular flexibility index (Phi) is 5.71. The molecule has 1 saturated heterocycles. The molecule has 0 bridgehead atoms. The van der Waals surface area contributed by atoms with Crippen LogP contribution in [0.4, 0.5) is 0 Å². The van der Waals surface area contributed by atoms with Crippen molar-refractivity contribution < 1.29 is 5.11 Å². The van der Waals surface area contributed by atoms with Crippen molar-refractivity contribution in [3.05, 3.63) is 28.8 Å². The fraction of sp³-hybridized carbons (Fsp3) is 0.647. The van der Waals surface area contributed by atoms with Gasteiger partial charge in [0.1, 0.15) is 5.75 Å². The van der Waals surface area contributed by atoms with Gasteiger partial charge in [-0.25, -0.2) is 0 Å². The number of aromatic hydroxyl groups is 1. The van der Waals surface area contributed by atoms with Crippen LogP contribution in [0.2, 0.25) is 6.32 Å². The van der Waals surface area contributed by atoms with E-state index in [1.807, 2.05) is 13.0 Å². The Morgan fingerprint density at radius 3 is 2.67 bits per heavy atom. The maximum absolute atomic E-state index is 10.2. The summed E-state index contributed by atoms with van der Waals surface area (Å²) < 4.78 is 0. The van der Waals surface area contributed by atoms with Crippen molar-refractivity contribution in [2.24, 2.45) is 11.7 Å². The quantitative estimate of drug-likeness (QED) is 0.754. The maximum Gasteiger partial charge on any atom is 0.121 e. The van der Waals surface area contributed by atoms with Crippen LogP contribution in [0.3, 0.4) is 0 Å². The van der Waals surface area contributed by atoms with Gasteiger partial charge in [0.05, 0.1) is 7.85 Å². The Labute approximate surface area is 129 Å². The smallest absolute Gasteiger partial charge is 0.121 e. The minimum absolute atomic E-state index is 0.298. The summed E-state index contributed by atoms with van der Waals surface area (Å²) in [6.07, 6.45) is 3.39. The molecule has 1 heterocycles. The number of rotatable bonds is 7. The second-order valence-corrected chi connectivity index (χ2v) is 6.35. The van der Waals surface area contributed by atoms with Crippen molar-refractivity contribution >= 4 is 7.85 Å². The van der Waals surface area contributed by atoms with E-state index in [9.17, 15) is 5.11 Å². The van der Waals surface area contributed by atoms with Gasteiger partial charge in [-0.2, -0.15) is 0 Å². The second kappa shape index (κ2) is 7.32. The highest BCUT2D eigenvalue weighted by atomic mass is 16.3. The van der Waals surface area contributed by atoms with Gasteiger partial charge in [0, 0.05) is 25.7 Å². The van der Waals surface area contributed by atoms with Crippen LogP contribution in [-0.4, -0.2) is 43.5 Å². The highest BCUT2D eigenvalue weighted by molar-refractivity contribution is 6.08. The minimum atomic E-state index is 0.298. The molecule has 1 aliphatic rings. The van der Waals surface area contributed by atoms with E-state index in [-0.39, 0.29) is 0 Å². The third kappa shape index (κ3) is 4.01. The van der Waals surface area contributed by atoms with E-state index in [1.54, 1.807) is 0 Å². The molecule has 3 N–H and O–H groups in total. The van der Waals surface area contributed by atoms with Gasteiger partial charge < -0.3 is 15.7 Å². The first-order valence-electron chi connectivity index (χ1n) is 8.03. The number of phenols is 1. The maximum atomic E-state index is 10.2. The lowest BCUT2D eigenvalue weighted by molar-refractivity contribution is 0.0929. The van der Waals surface area contributed by atoms with Crippen LogP contribution in [0, 0.1) is 12.8 Å². The standard InChI is InChI=1S/C17H27BN2O/c1-3-16(19)11-20-9-13(10-20)8-15-5-4-14(6-7-18)17(21)12(15)2/h4-5,13,16,21H,3,6-11,19H2,1-2H3. The summed E-state index contributed by atoms with van der Waals surface area (Å²) in [7, 11) is 5.57. The predicted octanol–water partition coefficient (Wildman–Crippen LogP) is 2.04. The van der Waals surface area contributed by atoms with Gasteiger partial charge in [0.2, 0.25) is 0 Å². The number of aryl methyl sites for hydroxylation is 1. The lowest BCUT2D eigenvalue weighted by Gasteiger charge is -2.41. The monoisotopic (exact) mass is 286 g/mol. The molecule has 1 fully saturated rings. The Morgan fingerprint density at radius 2 is 2.05 bits per heavy atom. The van der Waals surface area contributed by atoms with Crippen molar-refractivity contribution in [1.29, 1.82) is 0 Å². The summed E-state index contributed by atoms with van der Waals surface area (Å²) in [4.78, 5) is 2.43. The molecule has 0 aromatic heterocycles. The van der Waals surface area contributed by atoms with E-state index in [1.165, 1.54) is 5.56 Å². The van der Waals surface area contributed by atoms with Crippen LogP contribution in [0.25, 0.3) is 0 Å². The van der Waals surface area contributed by atoms with E-state index in [2.05, 4.69) is 17.9 Å². The molecule has 1 aromatic carbocycles. The number of benzene rings is 1. The number of likely N-dealkylation sites (tertiary alicyclic amines) is 1. The third-order valence-electron chi connectivity index (χ3n) is 4.60. The predicted molar refractivity (Wildman–Crippen MR) is 89.0 cm³/mol. The van der Waals surface area contributed by atoms with Crippen molar-refractivity contribution in [3.8, 4) is 5.75 Å². The van der Waals surface area contributed by atoms with Crippen molar-refractivity contribution in [2.75, 3.05) is 19.6 Å². The molecule has 2 radical (unpaired) electrons. The Hall–Kier alpha value is -0.995. The molecule has 0 amide bonds. The zero-order valence-electron chi connectivity index (χ0n) is 13.3. The minimum Gasteiger partial charge on any atom is -0.507 e. The van der Waals surface area contributed by atoms with E-state index in [0.717, 1.165) is 50.0 Å². The number of nitrogens with zero attached hydrogens (tertiary/aromatic N) is 1. The summed E-state index contributed by atoms with van der Waals surface area (Å²) in [5.74, 6) is 1.12. The normalized spacial score (nSPS) is 17.7. The number of phenolic OH excluding ortho intramolecular Hbond substituents is 1. The van der Waals surface area contributed by atoms with Crippen LogP contribution in [0.15, 0.2) is 12.1 Å². The number of hydrogen-bond donors (Lipinski definition) is 2. The van der Waals surface area contributed by atoms with Gasteiger partial charge in [0.25, 0.3) is 0 Å². The molecule has 4 heteroatoms. The van der Waals surface area contributed by atoms with Gasteiger partial charge in [0.15, 0.2) is 0 Å². The molecular weight excluding hydrogens is 259 g/mol. The topological polar surface area (TPSA) is 49.5 Å². The highest BCUT2D eigenvalue weighted by Crippen LogP contribution is 2.29. The van der Waals surface area contributed by atoms with Crippen LogP contribution in [-0.2, 0) is 12.8 Å². The molecule has 1 unspecified atom stereocenters. The Bertz CT molecular complexity index is 472. The Balaban J connectivity index is 1.89. The van der Waals surface area contributed by atoms with Gasteiger partial charge in [-0.05, 0) is 48.8 Å². The van der Waals surface area contributed by atoms with Crippen LogP contribution >= 0.6 is 0 Å². The van der Waals surface area contributed by atoms with Crippen molar-refractivity contribution in [3.63, 3.8) is 0 Å². The van der Waals surface area contributed by atoms with Gasteiger partial charge >= 0.3 is 0 Å². The molecule has 2 rings (SSSR count). The van der Waals surface area contributed by atoms with E-state index in [4.69, 9.17) is 13.6 Å². The lowest BCUT2D eigenvalue weighted by atomic mass is 9.87. The van der Waals surface area contributed by atoms with Crippen LogP contribution < -0.4 is 5.73 Å². The molecular formula is C17H27BN2O. The first kappa shape index (κ1) is 16.4. The molecule has 1 aromatic rings. The summed E-state index contributed by atoms with van der Waals surface area (Å²) in [5, 5.41) is 10.2. The molecule has 114 valence electrons. The van der Waals surface area contributed by atoms with Crippen LogP contribution in [0.5, 0.6) is 5.75 Å². The lowest BCUT2D eigenvalue weighted by Crippen LogP contribution is -2.51. The Morgan fingerprint density at radius 1 is 1.38 bits per heavy atom. The van der Waals surface area contributed by atoms with Gasteiger partial charge in [-0.3, -0.25) is 0 Å². The molecule has 3 nitrogen and oxygen atoms in total. The fourth-order valence-electron chi connectivity index (χ4n) is 3.10. The number of nitrogens with two attached hydrogens (primary N) is 1.